The van der Waals surface area contributed by atoms with E-state index in [4.69, 9.17) is 5.26 Å². The maximum Gasteiger partial charge on any atom is 0.322 e. The topological polar surface area (TPSA) is 123 Å². The van der Waals surface area contributed by atoms with Crippen molar-refractivity contribution in [2.75, 3.05) is 18.1 Å². The number of H-pyrrole nitrogens is 1. The summed E-state index contributed by atoms with van der Waals surface area (Å²) in [5.74, 6) is -2.19. The summed E-state index contributed by atoms with van der Waals surface area (Å²) in [4.78, 5) is 28.9. The average Bonchev–Trinajstić information content (AvgIpc) is 2.73. The van der Waals surface area contributed by atoms with Gasteiger partial charge in [0.1, 0.15) is 17.7 Å². The van der Waals surface area contributed by atoms with Crippen LogP contribution in [0.25, 0.3) is 10.8 Å². The van der Waals surface area contributed by atoms with Crippen molar-refractivity contribution in [3.63, 3.8) is 0 Å². The van der Waals surface area contributed by atoms with E-state index in [1.807, 2.05) is 0 Å². The maximum atomic E-state index is 13.7. The number of hydrogen-bond acceptors (Lipinski definition) is 5. The van der Waals surface area contributed by atoms with Gasteiger partial charge in [-0.05, 0) is 35.7 Å². The molecule has 0 aliphatic carbocycles. The molecule has 8 nitrogen and oxygen atoms in total. The lowest BCUT2D eigenvalue weighted by Crippen LogP contribution is -2.41. The van der Waals surface area contributed by atoms with Crippen molar-refractivity contribution >= 4 is 32.3 Å². The van der Waals surface area contributed by atoms with E-state index >= 15 is 0 Å². The fourth-order valence-electron chi connectivity index (χ4n) is 3.82. The standard InChI is InChI=1S/C21H16F2N4O4S/c1-27(21(29)25-13-3-5-16(23)11(6-13)8-24)18-10-32(30,31)9-17-19(18)14-4-2-12(22)7-15(14)20(28)26-17/h2-7,18H,9-10H2,1H3,(H,25,29)(H,26,28)/t18-/m0/s1. The minimum Gasteiger partial charge on any atom is -0.324 e. The quantitative estimate of drug-likeness (QED) is 0.611. The first-order chi connectivity index (χ1) is 15.1. The van der Waals surface area contributed by atoms with Crippen LogP contribution in [0.4, 0.5) is 19.3 Å². The number of hydrogen-bond donors (Lipinski definition) is 2. The first kappa shape index (κ1) is 21.5. The second kappa shape index (κ2) is 7.72. The molecule has 0 saturated heterocycles. The summed E-state index contributed by atoms with van der Waals surface area (Å²) < 4.78 is 52.3. The van der Waals surface area contributed by atoms with Crippen molar-refractivity contribution in [3.05, 3.63) is 75.2 Å². The molecule has 2 N–H and O–H groups in total. The molecule has 0 spiro atoms. The Morgan fingerprint density at radius 2 is 1.97 bits per heavy atom. The zero-order valence-corrected chi connectivity index (χ0v) is 17.5. The third-order valence-electron chi connectivity index (χ3n) is 5.34. The number of carbonyl (C=O) groups is 1. The monoisotopic (exact) mass is 458 g/mol. The summed E-state index contributed by atoms with van der Waals surface area (Å²) in [6, 6.07) is 7.02. The van der Waals surface area contributed by atoms with E-state index in [0.717, 1.165) is 29.2 Å². The van der Waals surface area contributed by atoms with E-state index in [9.17, 15) is 26.8 Å². The molecule has 4 rings (SSSR count). The highest BCUT2D eigenvalue weighted by atomic mass is 32.2. The number of pyridine rings is 1. The van der Waals surface area contributed by atoms with Gasteiger partial charge in [-0.3, -0.25) is 4.79 Å². The number of aromatic amines is 1. The second-order valence-electron chi connectivity index (χ2n) is 7.45. The summed E-state index contributed by atoms with van der Waals surface area (Å²) in [6.45, 7) is 0. The molecular formula is C21H16F2N4O4S. The molecular weight excluding hydrogens is 442 g/mol. The Labute approximate surface area is 181 Å². The number of rotatable bonds is 2. The van der Waals surface area contributed by atoms with Crippen molar-refractivity contribution in [3.8, 4) is 6.07 Å². The van der Waals surface area contributed by atoms with Gasteiger partial charge in [0, 0.05) is 24.0 Å². The zero-order valence-electron chi connectivity index (χ0n) is 16.6. The summed E-state index contributed by atoms with van der Waals surface area (Å²) in [5, 5.41) is 11.9. The Bertz CT molecular complexity index is 1480. The minimum absolute atomic E-state index is 0.0408. The molecule has 3 aromatic rings. The second-order valence-corrected chi connectivity index (χ2v) is 9.56. The molecule has 0 fully saturated rings. The molecule has 0 unspecified atom stereocenters. The van der Waals surface area contributed by atoms with Crippen LogP contribution < -0.4 is 10.9 Å². The van der Waals surface area contributed by atoms with E-state index in [1.165, 1.54) is 19.2 Å². The average molecular weight is 458 g/mol. The van der Waals surface area contributed by atoms with Crippen LogP contribution in [0.5, 0.6) is 0 Å². The van der Waals surface area contributed by atoms with Crippen molar-refractivity contribution in [1.29, 1.82) is 5.26 Å². The summed E-state index contributed by atoms with van der Waals surface area (Å²) in [5.41, 5.74) is -0.201. The van der Waals surface area contributed by atoms with Crippen LogP contribution in [0.2, 0.25) is 0 Å². The number of sulfone groups is 1. The molecule has 11 heteroatoms. The van der Waals surface area contributed by atoms with Gasteiger partial charge in [0.05, 0.1) is 28.5 Å². The number of anilines is 1. The van der Waals surface area contributed by atoms with Crippen LogP contribution >= 0.6 is 0 Å². The summed E-state index contributed by atoms with van der Waals surface area (Å²) in [7, 11) is -2.29. The largest absolute Gasteiger partial charge is 0.324 e. The van der Waals surface area contributed by atoms with Crippen LogP contribution in [0.15, 0.2) is 41.2 Å². The molecule has 32 heavy (non-hydrogen) atoms. The first-order valence-electron chi connectivity index (χ1n) is 9.38. The lowest BCUT2D eigenvalue weighted by molar-refractivity contribution is 0.208. The Morgan fingerprint density at radius 1 is 1.22 bits per heavy atom. The highest BCUT2D eigenvalue weighted by Gasteiger charge is 2.36. The number of nitrogens with zero attached hydrogens (tertiary/aromatic N) is 2. The maximum absolute atomic E-state index is 13.7. The van der Waals surface area contributed by atoms with E-state index in [0.29, 0.717) is 10.9 Å². The van der Waals surface area contributed by atoms with Gasteiger partial charge in [0.2, 0.25) is 0 Å². The first-order valence-corrected chi connectivity index (χ1v) is 11.2. The van der Waals surface area contributed by atoms with Gasteiger partial charge in [0.15, 0.2) is 9.84 Å². The molecule has 1 aromatic heterocycles. The third kappa shape index (κ3) is 3.80. The molecule has 1 aliphatic heterocycles. The fourth-order valence-corrected chi connectivity index (χ4v) is 5.47. The highest BCUT2D eigenvalue weighted by Crippen LogP contribution is 2.35. The number of aromatic nitrogens is 1. The Morgan fingerprint density at radius 3 is 2.69 bits per heavy atom. The van der Waals surface area contributed by atoms with Crippen LogP contribution in [0, 0.1) is 23.0 Å². The third-order valence-corrected chi connectivity index (χ3v) is 6.89. The van der Waals surface area contributed by atoms with Gasteiger partial charge in [-0.15, -0.1) is 0 Å². The zero-order chi connectivity index (χ0) is 23.2. The van der Waals surface area contributed by atoms with Crippen molar-refractivity contribution < 1.29 is 22.0 Å². The SMILES string of the molecule is CN(C(=O)Nc1ccc(F)c(C#N)c1)[C@H]1CS(=O)(=O)Cc2[nH]c(=O)c3cc(F)ccc3c21. The molecule has 2 heterocycles. The Balaban J connectivity index is 1.78. The predicted octanol–water partition coefficient (Wildman–Crippen LogP) is 2.81. The summed E-state index contributed by atoms with van der Waals surface area (Å²) >= 11 is 0. The van der Waals surface area contributed by atoms with Gasteiger partial charge < -0.3 is 15.2 Å². The Kier molecular flexibility index (Phi) is 5.18. The lowest BCUT2D eigenvalue weighted by Gasteiger charge is -2.33. The molecule has 0 radical (unpaired) electrons. The molecule has 1 aliphatic rings. The van der Waals surface area contributed by atoms with Crippen molar-refractivity contribution in [1.82, 2.24) is 9.88 Å². The number of amides is 2. The number of halogens is 2. The lowest BCUT2D eigenvalue weighted by atomic mass is 9.97. The molecule has 1 atom stereocenters. The molecule has 164 valence electrons. The van der Waals surface area contributed by atoms with E-state index in [2.05, 4.69) is 10.3 Å². The Hall–Kier alpha value is -3.78. The van der Waals surface area contributed by atoms with Crippen LogP contribution in [0.1, 0.15) is 22.9 Å². The molecule has 0 saturated carbocycles. The van der Waals surface area contributed by atoms with Crippen molar-refractivity contribution in [2.45, 2.75) is 11.8 Å². The van der Waals surface area contributed by atoms with Crippen LogP contribution in [-0.2, 0) is 15.6 Å². The number of nitrogens with one attached hydrogen (secondary N) is 2. The van der Waals surface area contributed by atoms with E-state index in [-0.39, 0.29) is 22.3 Å². The predicted molar refractivity (Wildman–Crippen MR) is 113 cm³/mol. The van der Waals surface area contributed by atoms with Crippen LogP contribution in [-0.4, -0.2) is 37.1 Å². The molecule has 0 bridgehead atoms. The number of nitriles is 1. The van der Waals surface area contributed by atoms with Crippen LogP contribution in [0.3, 0.4) is 0 Å². The highest BCUT2D eigenvalue weighted by molar-refractivity contribution is 7.90. The normalized spacial score (nSPS) is 16.8. The fraction of sp³-hybridized carbons (Fsp3) is 0.190. The molecule has 2 amide bonds. The van der Waals surface area contributed by atoms with E-state index < -0.39 is 50.6 Å². The van der Waals surface area contributed by atoms with Gasteiger partial charge in [-0.2, -0.15) is 5.26 Å². The van der Waals surface area contributed by atoms with Gasteiger partial charge in [0.25, 0.3) is 5.56 Å². The van der Waals surface area contributed by atoms with Gasteiger partial charge >= 0.3 is 6.03 Å². The summed E-state index contributed by atoms with van der Waals surface area (Å²) in [6.07, 6.45) is 0. The number of benzene rings is 2. The number of carbonyl (C=O) groups excluding carboxylic acids is 1. The number of urea groups is 1. The van der Waals surface area contributed by atoms with E-state index in [1.54, 1.807) is 6.07 Å². The minimum atomic E-state index is -3.67. The van der Waals surface area contributed by atoms with Gasteiger partial charge in [-0.25, -0.2) is 22.0 Å². The number of fused-ring (bicyclic) bond motifs is 3. The smallest absolute Gasteiger partial charge is 0.322 e. The van der Waals surface area contributed by atoms with Gasteiger partial charge in [-0.1, -0.05) is 6.07 Å². The molecule has 2 aromatic carbocycles. The van der Waals surface area contributed by atoms with Crippen molar-refractivity contribution in [2.24, 2.45) is 0 Å².